The van der Waals surface area contributed by atoms with E-state index in [1.807, 2.05) is 0 Å². The summed E-state index contributed by atoms with van der Waals surface area (Å²) in [6, 6.07) is 9.62. The summed E-state index contributed by atoms with van der Waals surface area (Å²) in [4.78, 5) is 11.6. The highest BCUT2D eigenvalue weighted by atomic mass is 19.1. The van der Waals surface area contributed by atoms with E-state index >= 15 is 0 Å². The predicted octanol–water partition coefficient (Wildman–Crippen LogP) is 2.87. The van der Waals surface area contributed by atoms with Crippen LogP contribution in [0, 0.1) is 11.6 Å². The molecule has 1 N–H and O–H groups in total. The summed E-state index contributed by atoms with van der Waals surface area (Å²) >= 11 is 0. The number of rotatable bonds is 1. The van der Waals surface area contributed by atoms with Crippen molar-refractivity contribution in [3.8, 4) is 11.3 Å². The molecule has 0 saturated carbocycles. The molecule has 1 aromatic heterocycles. The zero-order valence-electron chi connectivity index (χ0n) is 9.65. The second-order valence-corrected chi connectivity index (χ2v) is 4.10. The van der Waals surface area contributed by atoms with Gasteiger partial charge in [0.15, 0.2) is 0 Å². The first-order valence-corrected chi connectivity index (χ1v) is 5.59. The molecule has 1 heterocycles. The first-order valence-electron chi connectivity index (χ1n) is 5.59. The average Bonchev–Trinajstić information content (AvgIpc) is 2.41. The van der Waals surface area contributed by atoms with Crippen LogP contribution in [0.15, 0.2) is 47.3 Å². The van der Waals surface area contributed by atoms with Gasteiger partial charge in [-0.1, -0.05) is 0 Å². The van der Waals surface area contributed by atoms with Gasteiger partial charge in [-0.3, -0.25) is 4.79 Å². The largest absolute Gasteiger partial charge is 0.272 e. The van der Waals surface area contributed by atoms with E-state index in [9.17, 15) is 13.6 Å². The molecule has 0 aliphatic rings. The highest BCUT2D eigenvalue weighted by Crippen LogP contribution is 2.24. The van der Waals surface area contributed by atoms with Crippen LogP contribution in [0.1, 0.15) is 0 Å². The van der Waals surface area contributed by atoms with E-state index in [1.165, 1.54) is 24.3 Å². The topological polar surface area (TPSA) is 45.8 Å². The van der Waals surface area contributed by atoms with Crippen LogP contribution in [0.4, 0.5) is 8.78 Å². The van der Waals surface area contributed by atoms with Crippen molar-refractivity contribution in [2.75, 3.05) is 0 Å². The Morgan fingerprint density at radius 2 is 1.58 bits per heavy atom. The number of H-pyrrole nitrogens is 1. The molecule has 3 aromatic rings. The smallest absolute Gasteiger partial charge is 0.267 e. The van der Waals surface area contributed by atoms with Crippen LogP contribution in [0.2, 0.25) is 0 Å². The molecule has 5 heteroatoms. The second-order valence-electron chi connectivity index (χ2n) is 4.10. The fourth-order valence-corrected chi connectivity index (χ4v) is 1.97. The maximum Gasteiger partial charge on any atom is 0.272 e. The number of aromatic amines is 1. The third-order valence-electron chi connectivity index (χ3n) is 2.87. The molecular formula is C14H8F2N2O. The fourth-order valence-electron chi connectivity index (χ4n) is 1.97. The Kier molecular flexibility index (Phi) is 2.59. The van der Waals surface area contributed by atoms with E-state index in [0.717, 1.165) is 6.07 Å². The van der Waals surface area contributed by atoms with Gasteiger partial charge in [0.2, 0.25) is 0 Å². The van der Waals surface area contributed by atoms with E-state index in [1.54, 1.807) is 12.1 Å². The molecule has 0 fully saturated rings. The lowest BCUT2D eigenvalue weighted by Gasteiger charge is -2.05. The van der Waals surface area contributed by atoms with Gasteiger partial charge in [0.05, 0.1) is 11.1 Å². The van der Waals surface area contributed by atoms with Gasteiger partial charge < -0.3 is 0 Å². The number of benzene rings is 2. The Bertz CT molecular complexity index is 810. The number of nitrogens with one attached hydrogen (secondary N) is 1. The van der Waals surface area contributed by atoms with Gasteiger partial charge in [0.25, 0.3) is 5.56 Å². The number of hydrogen-bond donors (Lipinski definition) is 1. The van der Waals surface area contributed by atoms with Crippen molar-refractivity contribution < 1.29 is 8.78 Å². The molecule has 0 aliphatic carbocycles. The number of aromatic nitrogens is 2. The Morgan fingerprint density at radius 1 is 0.895 bits per heavy atom. The zero-order valence-corrected chi connectivity index (χ0v) is 9.65. The molecule has 0 amide bonds. The SMILES string of the molecule is O=c1[nH]nc(-c2ccc(F)cc2)c2ccc(F)cc12. The quantitative estimate of drug-likeness (QED) is 0.729. The van der Waals surface area contributed by atoms with Gasteiger partial charge in [0.1, 0.15) is 11.6 Å². The summed E-state index contributed by atoms with van der Waals surface area (Å²) in [6.07, 6.45) is 0. The van der Waals surface area contributed by atoms with E-state index in [0.29, 0.717) is 16.6 Å². The molecule has 3 nitrogen and oxygen atoms in total. The minimum absolute atomic E-state index is 0.217. The zero-order chi connectivity index (χ0) is 13.4. The Hall–Kier alpha value is -2.56. The molecule has 2 aromatic carbocycles. The Morgan fingerprint density at radius 3 is 2.32 bits per heavy atom. The molecular weight excluding hydrogens is 250 g/mol. The number of nitrogens with zero attached hydrogens (tertiary/aromatic N) is 1. The fraction of sp³-hybridized carbons (Fsp3) is 0. The normalized spacial score (nSPS) is 10.8. The number of halogens is 2. The van der Waals surface area contributed by atoms with Crippen molar-refractivity contribution in [2.24, 2.45) is 0 Å². The summed E-state index contributed by atoms with van der Waals surface area (Å²) in [5, 5.41) is 7.01. The van der Waals surface area contributed by atoms with Crippen LogP contribution in [0.5, 0.6) is 0 Å². The highest BCUT2D eigenvalue weighted by molar-refractivity contribution is 5.93. The standard InChI is InChI=1S/C14H8F2N2O/c15-9-3-1-8(2-4-9)13-11-6-5-10(16)7-12(11)14(19)18-17-13/h1-7H,(H,18,19). The number of hydrogen-bond acceptors (Lipinski definition) is 2. The molecule has 19 heavy (non-hydrogen) atoms. The molecule has 94 valence electrons. The summed E-state index contributed by atoms with van der Waals surface area (Å²) in [5.74, 6) is -0.849. The lowest BCUT2D eigenvalue weighted by atomic mass is 10.1. The van der Waals surface area contributed by atoms with E-state index in [4.69, 9.17) is 0 Å². The minimum Gasteiger partial charge on any atom is -0.267 e. The molecule has 0 radical (unpaired) electrons. The van der Waals surface area contributed by atoms with Gasteiger partial charge >= 0.3 is 0 Å². The van der Waals surface area contributed by atoms with Crippen molar-refractivity contribution in [1.82, 2.24) is 10.2 Å². The first-order chi connectivity index (χ1) is 9.15. The lowest BCUT2D eigenvalue weighted by molar-refractivity contribution is 0.628. The molecule has 0 aliphatic heterocycles. The molecule has 0 atom stereocenters. The van der Waals surface area contributed by atoms with Crippen molar-refractivity contribution in [2.45, 2.75) is 0 Å². The third kappa shape index (κ3) is 1.99. The average molecular weight is 258 g/mol. The second kappa shape index (κ2) is 4.28. The van der Waals surface area contributed by atoms with Crippen LogP contribution in [0.3, 0.4) is 0 Å². The van der Waals surface area contributed by atoms with Crippen LogP contribution in [0.25, 0.3) is 22.0 Å². The summed E-state index contributed by atoms with van der Waals surface area (Å²) in [6.45, 7) is 0. The van der Waals surface area contributed by atoms with Gasteiger partial charge in [-0.2, -0.15) is 5.10 Å². The van der Waals surface area contributed by atoms with Crippen LogP contribution in [-0.2, 0) is 0 Å². The molecule has 0 saturated heterocycles. The summed E-state index contributed by atoms with van der Waals surface area (Å²) in [7, 11) is 0. The molecule has 0 unspecified atom stereocenters. The van der Waals surface area contributed by atoms with Crippen LogP contribution >= 0.6 is 0 Å². The molecule has 0 spiro atoms. The summed E-state index contributed by atoms with van der Waals surface area (Å²) in [5.41, 5.74) is 0.671. The predicted molar refractivity (Wildman–Crippen MR) is 67.7 cm³/mol. The van der Waals surface area contributed by atoms with Gasteiger partial charge in [-0.25, -0.2) is 13.9 Å². The van der Waals surface area contributed by atoms with Crippen LogP contribution in [-0.4, -0.2) is 10.2 Å². The van der Waals surface area contributed by atoms with Gasteiger partial charge in [0, 0.05) is 10.9 Å². The highest BCUT2D eigenvalue weighted by Gasteiger charge is 2.09. The third-order valence-corrected chi connectivity index (χ3v) is 2.87. The monoisotopic (exact) mass is 258 g/mol. The van der Waals surface area contributed by atoms with Crippen molar-refractivity contribution in [3.63, 3.8) is 0 Å². The minimum atomic E-state index is -0.491. The van der Waals surface area contributed by atoms with Crippen molar-refractivity contribution >= 4 is 10.8 Å². The van der Waals surface area contributed by atoms with E-state index in [2.05, 4.69) is 10.2 Å². The lowest BCUT2D eigenvalue weighted by Crippen LogP contribution is -2.09. The Balaban J connectivity index is 2.33. The van der Waals surface area contributed by atoms with Crippen molar-refractivity contribution in [1.29, 1.82) is 0 Å². The van der Waals surface area contributed by atoms with E-state index in [-0.39, 0.29) is 11.2 Å². The van der Waals surface area contributed by atoms with Gasteiger partial charge in [-0.15, -0.1) is 0 Å². The van der Waals surface area contributed by atoms with Crippen LogP contribution < -0.4 is 5.56 Å². The maximum absolute atomic E-state index is 13.2. The first kappa shape index (κ1) is 11.5. The Labute approximate surface area is 106 Å². The van der Waals surface area contributed by atoms with Crippen molar-refractivity contribution in [3.05, 3.63) is 64.5 Å². The number of fused-ring (bicyclic) bond motifs is 1. The van der Waals surface area contributed by atoms with E-state index < -0.39 is 11.4 Å². The summed E-state index contributed by atoms with van der Waals surface area (Å²) < 4.78 is 26.1. The molecule has 0 bridgehead atoms. The maximum atomic E-state index is 13.2. The van der Waals surface area contributed by atoms with Gasteiger partial charge in [-0.05, 0) is 42.5 Å². The molecule has 3 rings (SSSR count).